The number of hydrogen-bond donors (Lipinski definition) is 2. The number of aromatic nitrogens is 3. The van der Waals surface area contributed by atoms with Gasteiger partial charge in [0.15, 0.2) is 23.3 Å². The number of H-pyrrole nitrogens is 1. The summed E-state index contributed by atoms with van der Waals surface area (Å²) in [5.41, 5.74) is -1.11. The molecule has 1 aromatic heterocycles. The van der Waals surface area contributed by atoms with Crippen LogP contribution in [0.5, 0.6) is 0 Å². The van der Waals surface area contributed by atoms with Gasteiger partial charge in [0.1, 0.15) is 17.8 Å². The van der Waals surface area contributed by atoms with Gasteiger partial charge >= 0.3 is 0 Å². The first-order valence-corrected chi connectivity index (χ1v) is 5.06. The lowest BCUT2D eigenvalue weighted by atomic mass is 10.2. The van der Waals surface area contributed by atoms with Gasteiger partial charge in [-0.1, -0.05) is 0 Å². The molecule has 0 aliphatic carbocycles. The monoisotopic (exact) mass is 278 g/mol. The second-order valence-electron chi connectivity index (χ2n) is 3.68. The zero-order chi connectivity index (χ0) is 14.2. The number of nitrogens with zero attached hydrogens (tertiary/aromatic N) is 2. The normalized spacial score (nSPS) is 12.5. The maximum Gasteiger partial charge on any atom is 0.200 e. The van der Waals surface area contributed by atoms with Crippen LogP contribution in [0.25, 0.3) is 0 Å². The lowest BCUT2D eigenvalue weighted by Crippen LogP contribution is -2.14. The smallest absolute Gasteiger partial charge is 0.200 e. The molecular weight excluding hydrogens is 271 g/mol. The molecular formula is C10H7F5N4. The fraction of sp³-hybridized carbons (Fsp3) is 0.200. The van der Waals surface area contributed by atoms with Crippen LogP contribution in [0.3, 0.4) is 0 Å². The average molecular weight is 278 g/mol. The van der Waals surface area contributed by atoms with E-state index in [9.17, 15) is 22.0 Å². The Labute approximate surface area is 103 Å². The average Bonchev–Trinajstić information content (AvgIpc) is 2.93. The van der Waals surface area contributed by atoms with E-state index >= 15 is 0 Å². The maximum absolute atomic E-state index is 13.4. The molecule has 0 bridgehead atoms. The van der Waals surface area contributed by atoms with Crippen LogP contribution in [0.2, 0.25) is 0 Å². The molecule has 2 aromatic rings. The molecule has 1 aromatic carbocycles. The van der Waals surface area contributed by atoms with Crippen LogP contribution in [0.15, 0.2) is 6.33 Å². The molecule has 2 rings (SSSR count). The van der Waals surface area contributed by atoms with E-state index in [1.165, 1.54) is 6.92 Å². The first-order valence-electron chi connectivity index (χ1n) is 5.06. The van der Waals surface area contributed by atoms with Crippen LogP contribution >= 0.6 is 0 Å². The van der Waals surface area contributed by atoms with Crippen molar-refractivity contribution < 1.29 is 22.0 Å². The number of rotatable bonds is 3. The molecule has 0 radical (unpaired) electrons. The minimum Gasteiger partial charge on any atom is -0.370 e. The topological polar surface area (TPSA) is 53.6 Å². The lowest BCUT2D eigenvalue weighted by molar-refractivity contribution is 0.380. The van der Waals surface area contributed by atoms with Gasteiger partial charge in [-0.15, -0.1) is 0 Å². The second-order valence-corrected chi connectivity index (χ2v) is 3.68. The van der Waals surface area contributed by atoms with Crippen molar-refractivity contribution in [3.63, 3.8) is 0 Å². The summed E-state index contributed by atoms with van der Waals surface area (Å²) < 4.78 is 65.5. The Morgan fingerprint density at radius 2 is 1.53 bits per heavy atom. The highest BCUT2D eigenvalue weighted by molar-refractivity contribution is 5.48. The van der Waals surface area contributed by atoms with Gasteiger partial charge < -0.3 is 5.32 Å². The van der Waals surface area contributed by atoms with Crippen LogP contribution in [-0.4, -0.2) is 15.2 Å². The van der Waals surface area contributed by atoms with E-state index in [4.69, 9.17) is 0 Å². The molecule has 4 nitrogen and oxygen atoms in total. The highest BCUT2D eigenvalue weighted by Crippen LogP contribution is 2.29. The predicted octanol–water partition coefficient (Wildman–Crippen LogP) is 2.67. The highest BCUT2D eigenvalue weighted by Gasteiger charge is 2.27. The zero-order valence-electron chi connectivity index (χ0n) is 9.44. The molecule has 0 amide bonds. The largest absolute Gasteiger partial charge is 0.370 e. The summed E-state index contributed by atoms with van der Waals surface area (Å²) in [5, 5.41) is 8.07. The number of halogens is 5. The SMILES string of the molecule is CC(Nc1c(F)c(F)c(F)c(F)c1F)c1ncn[nH]1. The van der Waals surface area contributed by atoms with E-state index in [0.29, 0.717) is 0 Å². The molecule has 2 N–H and O–H groups in total. The molecule has 0 aliphatic rings. The summed E-state index contributed by atoms with van der Waals surface area (Å²) in [6, 6.07) is -0.823. The number of anilines is 1. The van der Waals surface area contributed by atoms with E-state index < -0.39 is 40.8 Å². The fourth-order valence-electron chi connectivity index (χ4n) is 1.44. The van der Waals surface area contributed by atoms with Gasteiger partial charge in [0.25, 0.3) is 0 Å². The lowest BCUT2D eigenvalue weighted by Gasteiger charge is -2.15. The standard InChI is InChI=1S/C10H7F5N4/c1-3(10-16-2-17-19-10)18-9-7(14)5(12)4(11)6(13)8(9)15/h2-3,18H,1H3,(H,16,17,19). The summed E-state index contributed by atoms with van der Waals surface area (Å²) in [6.45, 7) is 1.42. The first-order chi connectivity index (χ1) is 8.93. The number of hydrogen-bond acceptors (Lipinski definition) is 3. The van der Waals surface area contributed by atoms with E-state index in [0.717, 1.165) is 6.33 Å². The molecule has 1 heterocycles. The Bertz CT molecular complexity index is 569. The first kappa shape index (κ1) is 13.2. The van der Waals surface area contributed by atoms with Crippen LogP contribution in [0.4, 0.5) is 27.6 Å². The van der Waals surface area contributed by atoms with Crippen molar-refractivity contribution in [3.8, 4) is 0 Å². The predicted molar refractivity (Wildman–Crippen MR) is 54.7 cm³/mol. The molecule has 1 atom stereocenters. The molecule has 0 saturated carbocycles. The Hall–Kier alpha value is -2.19. The molecule has 9 heteroatoms. The maximum atomic E-state index is 13.4. The van der Waals surface area contributed by atoms with Crippen molar-refractivity contribution >= 4 is 5.69 Å². The van der Waals surface area contributed by atoms with E-state index in [2.05, 4.69) is 20.5 Å². The summed E-state index contributed by atoms with van der Waals surface area (Å²) in [6.07, 6.45) is 1.14. The van der Waals surface area contributed by atoms with Crippen LogP contribution < -0.4 is 5.32 Å². The van der Waals surface area contributed by atoms with Gasteiger partial charge in [0.05, 0.1) is 6.04 Å². The van der Waals surface area contributed by atoms with Crippen molar-refractivity contribution in [3.05, 3.63) is 41.2 Å². The highest BCUT2D eigenvalue weighted by atomic mass is 19.2. The third-order valence-corrected chi connectivity index (χ3v) is 2.41. The molecule has 1 unspecified atom stereocenters. The van der Waals surface area contributed by atoms with Gasteiger partial charge in [-0.2, -0.15) is 5.10 Å². The summed E-state index contributed by atoms with van der Waals surface area (Å²) in [5.74, 6) is -9.89. The minimum atomic E-state index is -2.20. The van der Waals surface area contributed by atoms with E-state index in [-0.39, 0.29) is 5.82 Å². The molecule has 102 valence electrons. The van der Waals surface area contributed by atoms with Crippen LogP contribution in [-0.2, 0) is 0 Å². The van der Waals surface area contributed by atoms with Gasteiger partial charge in [0.2, 0.25) is 5.82 Å². The fourth-order valence-corrected chi connectivity index (χ4v) is 1.44. The number of aromatic amines is 1. The summed E-state index contributed by atoms with van der Waals surface area (Å²) in [7, 11) is 0. The van der Waals surface area contributed by atoms with Crippen LogP contribution in [0.1, 0.15) is 18.8 Å². The van der Waals surface area contributed by atoms with Crippen molar-refractivity contribution in [2.45, 2.75) is 13.0 Å². The van der Waals surface area contributed by atoms with Crippen molar-refractivity contribution in [1.29, 1.82) is 0 Å². The molecule has 0 saturated heterocycles. The Morgan fingerprint density at radius 1 is 1.00 bits per heavy atom. The summed E-state index contributed by atoms with van der Waals surface area (Å²) in [4.78, 5) is 3.70. The van der Waals surface area contributed by atoms with Crippen molar-refractivity contribution in [2.24, 2.45) is 0 Å². The minimum absolute atomic E-state index is 0.184. The molecule has 19 heavy (non-hydrogen) atoms. The van der Waals surface area contributed by atoms with Gasteiger partial charge in [0, 0.05) is 0 Å². The van der Waals surface area contributed by atoms with E-state index in [1.807, 2.05) is 0 Å². The van der Waals surface area contributed by atoms with Crippen LogP contribution in [0, 0.1) is 29.1 Å². The summed E-state index contributed by atoms with van der Waals surface area (Å²) >= 11 is 0. The number of nitrogens with one attached hydrogen (secondary N) is 2. The Balaban J connectivity index is 2.41. The second kappa shape index (κ2) is 4.82. The van der Waals surface area contributed by atoms with Crippen molar-refractivity contribution in [2.75, 3.05) is 5.32 Å². The molecule has 0 spiro atoms. The number of benzene rings is 1. The van der Waals surface area contributed by atoms with Gasteiger partial charge in [-0.05, 0) is 6.92 Å². The molecule has 0 aliphatic heterocycles. The Morgan fingerprint density at radius 3 is 2.00 bits per heavy atom. The quantitative estimate of drug-likeness (QED) is 0.515. The van der Waals surface area contributed by atoms with Gasteiger partial charge in [-0.3, -0.25) is 5.10 Å². The zero-order valence-corrected chi connectivity index (χ0v) is 9.44. The third kappa shape index (κ3) is 2.23. The Kier molecular flexibility index (Phi) is 3.36. The third-order valence-electron chi connectivity index (χ3n) is 2.41. The molecule has 0 fully saturated rings. The van der Waals surface area contributed by atoms with Crippen molar-refractivity contribution in [1.82, 2.24) is 15.2 Å². The van der Waals surface area contributed by atoms with Gasteiger partial charge in [-0.25, -0.2) is 26.9 Å². The van der Waals surface area contributed by atoms with E-state index in [1.54, 1.807) is 0 Å².